The summed E-state index contributed by atoms with van der Waals surface area (Å²) in [7, 11) is -1.26. The molecule has 1 nitrogen and oxygen atoms in total. The second-order valence-corrected chi connectivity index (χ2v) is 9.00. The highest BCUT2D eigenvalue weighted by Gasteiger charge is 2.17. The summed E-state index contributed by atoms with van der Waals surface area (Å²) in [6, 6.07) is 5.83. The van der Waals surface area contributed by atoms with Crippen LogP contribution in [0.3, 0.4) is 0 Å². The van der Waals surface area contributed by atoms with Crippen LogP contribution in [0.4, 0.5) is 0 Å². The van der Waals surface area contributed by atoms with Crippen molar-refractivity contribution >= 4 is 25.0 Å². The van der Waals surface area contributed by atoms with Crippen molar-refractivity contribution in [3.63, 3.8) is 0 Å². The number of pyridine rings is 1. The van der Waals surface area contributed by atoms with Crippen molar-refractivity contribution in [3.8, 4) is 0 Å². The van der Waals surface area contributed by atoms with Crippen molar-refractivity contribution < 1.29 is 0 Å². The molecular weight excluding hydrogens is 174 g/mol. The molecule has 0 saturated carbocycles. The minimum atomic E-state index is -1.26. The second kappa shape index (κ2) is 2.95. The van der Waals surface area contributed by atoms with Gasteiger partial charge in [-0.3, -0.25) is 0 Å². The van der Waals surface area contributed by atoms with Gasteiger partial charge in [0, 0.05) is 5.32 Å². The molecule has 0 radical (unpaired) electrons. The summed E-state index contributed by atoms with van der Waals surface area (Å²) >= 11 is 5.76. The van der Waals surface area contributed by atoms with Crippen molar-refractivity contribution in [2.45, 2.75) is 19.6 Å². The van der Waals surface area contributed by atoms with Gasteiger partial charge in [0.1, 0.15) is 13.2 Å². The van der Waals surface area contributed by atoms with Gasteiger partial charge in [-0.25, -0.2) is 4.98 Å². The van der Waals surface area contributed by atoms with Gasteiger partial charge in [-0.15, -0.1) is 0 Å². The molecule has 11 heavy (non-hydrogen) atoms. The van der Waals surface area contributed by atoms with E-state index in [-0.39, 0.29) is 0 Å². The molecule has 0 spiro atoms. The van der Waals surface area contributed by atoms with Crippen molar-refractivity contribution in [2.75, 3.05) is 0 Å². The van der Waals surface area contributed by atoms with E-state index >= 15 is 0 Å². The molecule has 0 N–H and O–H groups in total. The minimum Gasteiger partial charge on any atom is -0.246 e. The molecule has 0 atom stereocenters. The van der Waals surface area contributed by atoms with E-state index in [0.717, 1.165) is 0 Å². The van der Waals surface area contributed by atoms with Gasteiger partial charge in [0.05, 0.1) is 0 Å². The van der Waals surface area contributed by atoms with Gasteiger partial charge in [0.25, 0.3) is 0 Å². The lowest BCUT2D eigenvalue weighted by Crippen LogP contribution is -2.39. The maximum Gasteiger partial charge on any atom is 0.128 e. The quantitative estimate of drug-likeness (QED) is 0.483. The smallest absolute Gasteiger partial charge is 0.128 e. The Hall–Kier alpha value is -0.343. The molecule has 1 aromatic heterocycles. The predicted molar refractivity (Wildman–Crippen MR) is 52.2 cm³/mol. The lowest BCUT2D eigenvalue weighted by molar-refractivity contribution is 1.36. The third-order valence-electron chi connectivity index (χ3n) is 1.48. The van der Waals surface area contributed by atoms with Crippen molar-refractivity contribution in [1.82, 2.24) is 4.98 Å². The highest BCUT2D eigenvalue weighted by Crippen LogP contribution is 2.04. The fraction of sp³-hybridized carbons (Fsp3) is 0.375. The van der Waals surface area contributed by atoms with Crippen LogP contribution in [0.2, 0.25) is 24.8 Å². The number of hydrogen-bond donors (Lipinski definition) is 0. The van der Waals surface area contributed by atoms with Gasteiger partial charge in [0.15, 0.2) is 0 Å². The van der Waals surface area contributed by atoms with E-state index in [9.17, 15) is 0 Å². The number of aromatic nitrogens is 1. The fourth-order valence-corrected chi connectivity index (χ4v) is 2.11. The van der Waals surface area contributed by atoms with Gasteiger partial charge in [-0.1, -0.05) is 37.3 Å². The van der Waals surface area contributed by atoms with E-state index in [0.29, 0.717) is 5.15 Å². The van der Waals surface area contributed by atoms with Crippen LogP contribution in [0.1, 0.15) is 0 Å². The SMILES string of the molecule is C[Si](C)(C)c1cccc(Cl)n1. The Morgan fingerprint density at radius 2 is 1.91 bits per heavy atom. The highest BCUT2D eigenvalue weighted by molar-refractivity contribution is 6.88. The molecule has 0 aromatic carbocycles. The van der Waals surface area contributed by atoms with E-state index in [1.54, 1.807) is 0 Å². The van der Waals surface area contributed by atoms with Gasteiger partial charge in [0.2, 0.25) is 0 Å². The Labute approximate surface area is 73.4 Å². The largest absolute Gasteiger partial charge is 0.246 e. The highest BCUT2D eigenvalue weighted by atomic mass is 35.5. The van der Waals surface area contributed by atoms with E-state index in [1.807, 2.05) is 12.1 Å². The van der Waals surface area contributed by atoms with E-state index in [1.165, 1.54) is 5.32 Å². The fourth-order valence-electron chi connectivity index (χ4n) is 0.826. The van der Waals surface area contributed by atoms with Crippen LogP contribution >= 0.6 is 11.6 Å². The molecule has 0 bridgehead atoms. The zero-order valence-electron chi connectivity index (χ0n) is 7.06. The Morgan fingerprint density at radius 3 is 2.27 bits per heavy atom. The van der Waals surface area contributed by atoms with Crippen LogP contribution in [0, 0.1) is 0 Å². The average molecular weight is 186 g/mol. The Balaban J connectivity index is 3.06. The predicted octanol–water partition coefficient (Wildman–Crippen LogP) is 2.28. The third kappa shape index (κ3) is 2.31. The first-order valence-corrected chi connectivity index (χ1v) is 7.51. The molecular formula is C8H12ClNSi. The average Bonchev–Trinajstić information content (AvgIpc) is 1.86. The molecule has 0 saturated heterocycles. The van der Waals surface area contributed by atoms with Crippen molar-refractivity contribution in [2.24, 2.45) is 0 Å². The Morgan fingerprint density at radius 1 is 1.27 bits per heavy atom. The van der Waals surface area contributed by atoms with E-state index in [2.05, 4.69) is 30.7 Å². The number of rotatable bonds is 1. The van der Waals surface area contributed by atoms with E-state index < -0.39 is 8.07 Å². The normalized spacial score (nSPS) is 11.6. The van der Waals surface area contributed by atoms with Gasteiger partial charge < -0.3 is 0 Å². The summed E-state index contributed by atoms with van der Waals surface area (Å²) < 4.78 is 0. The van der Waals surface area contributed by atoms with Gasteiger partial charge in [-0.2, -0.15) is 0 Å². The molecule has 1 rings (SSSR count). The van der Waals surface area contributed by atoms with Crippen LogP contribution in [0.25, 0.3) is 0 Å². The summed E-state index contributed by atoms with van der Waals surface area (Å²) in [5.74, 6) is 0. The van der Waals surface area contributed by atoms with E-state index in [4.69, 9.17) is 11.6 Å². The zero-order chi connectivity index (χ0) is 8.48. The van der Waals surface area contributed by atoms with Crippen molar-refractivity contribution in [1.29, 1.82) is 0 Å². The number of halogens is 1. The maximum absolute atomic E-state index is 5.76. The van der Waals surface area contributed by atoms with Crippen LogP contribution in [0.15, 0.2) is 18.2 Å². The first-order valence-electron chi connectivity index (χ1n) is 3.63. The molecule has 0 unspecified atom stereocenters. The molecule has 60 valence electrons. The lowest BCUT2D eigenvalue weighted by Gasteiger charge is -2.14. The van der Waals surface area contributed by atoms with Crippen LogP contribution in [-0.4, -0.2) is 13.1 Å². The van der Waals surface area contributed by atoms with Crippen LogP contribution < -0.4 is 5.32 Å². The summed E-state index contributed by atoms with van der Waals surface area (Å²) in [6.45, 7) is 6.77. The molecule has 1 heterocycles. The number of hydrogen-bond acceptors (Lipinski definition) is 1. The summed E-state index contributed by atoms with van der Waals surface area (Å²) in [5, 5.41) is 1.77. The lowest BCUT2D eigenvalue weighted by atomic mass is 10.5. The monoisotopic (exact) mass is 185 g/mol. The standard InChI is InChI=1S/C8H12ClNSi/c1-11(2,3)8-6-4-5-7(9)10-8/h4-6H,1-3H3. The molecule has 0 aliphatic rings. The number of nitrogens with zero attached hydrogens (tertiary/aromatic N) is 1. The molecule has 3 heteroatoms. The molecule has 0 amide bonds. The Bertz CT molecular complexity index is 255. The molecule has 1 aromatic rings. The van der Waals surface area contributed by atoms with Gasteiger partial charge in [-0.05, 0) is 12.1 Å². The topological polar surface area (TPSA) is 12.9 Å². The second-order valence-electron chi connectivity index (χ2n) is 3.60. The summed E-state index contributed by atoms with van der Waals surface area (Å²) in [4.78, 5) is 4.27. The third-order valence-corrected chi connectivity index (χ3v) is 3.51. The van der Waals surface area contributed by atoms with Crippen molar-refractivity contribution in [3.05, 3.63) is 23.4 Å². The first-order chi connectivity index (χ1) is 5.00. The van der Waals surface area contributed by atoms with Gasteiger partial charge >= 0.3 is 0 Å². The zero-order valence-corrected chi connectivity index (χ0v) is 8.81. The maximum atomic E-state index is 5.76. The summed E-state index contributed by atoms with van der Waals surface area (Å²) in [6.07, 6.45) is 0. The molecule has 0 aliphatic carbocycles. The molecule has 0 fully saturated rings. The van der Waals surface area contributed by atoms with Crippen LogP contribution in [-0.2, 0) is 0 Å². The minimum absolute atomic E-state index is 0.602. The van der Waals surface area contributed by atoms with Crippen LogP contribution in [0.5, 0.6) is 0 Å². The first kappa shape index (κ1) is 8.75. The summed E-state index contributed by atoms with van der Waals surface area (Å²) in [5.41, 5.74) is 0. The Kier molecular flexibility index (Phi) is 2.35. The molecule has 0 aliphatic heterocycles.